The van der Waals surface area contributed by atoms with Gasteiger partial charge in [-0.3, -0.25) is 0 Å². The summed E-state index contributed by atoms with van der Waals surface area (Å²) in [7, 11) is 0. The maximum absolute atomic E-state index is 4.87. The summed E-state index contributed by atoms with van der Waals surface area (Å²) in [5.41, 5.74) is 16.7. The van der Waals surface area contributed by atoms with Crippen LogP contribution in [-0.2, 0) is 14.2 Å². The molecule has 2 aliphatic rings. The normalized spacial score (nSPS) is 20.0. The summed E-state index contributed by atoms with van der Waals surface area (Å²) in [6, 6.07) is 28.2. The topological polar surface area (TPSA) is 0 Å². The third kappa shape index (κ3) is 4.39. The fourth-order valence-electron chi connectivity index (χ4n) is 9.67. The van der Waals surface area contributed by atoms with Crippen molar-refractivity contribution < 1.29 is 14.2 Å². The van der Waals surface area contributed by atoms with E-state index >= 15 is 0 Å². The van der Waals surface area contributed by atoms with E-state index in [1.54, 1.807) is 11.1 Å². The van der Waals surface area contributed by atoms with Gasteiger partial charge in [-0.1, -0.05) is 0 Å². The van der Waals surface area contributed by atoms with E-state index in [2.05, 4.69) is 153 Å². The van der Waals surface area contributed by atoms with Gasteiger partial charge >= 0.3 is 252 Å². The summed E-state index contributed by atoms with van der Waals surface area (Å²) in [6.45, 7) is 13.8. The molecule has 216 valence electrons. The molecule has 2 atom stereocenters. The molecule has 0 aromatic heterocycles. The van der Waals surface area contributed by atoms with E-state index in [-0.39, 0.29) is 0 Å². The van der Waals surface area contributed by atoms with Crippen LogP contribution < -0.4 is 0 Å². The predicted molar refractivity (Wildman–Crippen MR) is 187 cm³/mol. The quantitative estimate of drug-likeness (QED) is 0.173. The zero-order valence-electron chi connectivity index (χ0n) is 27.0. The maximum atomic E-state index is 2.81. The molecule has 0 heterocycles. The molecule has 0 N–H and O–H groups in total. The van der Waals surface area contributed by atoms with Crippen LogP contribution in [-0.4, -0.2) is 6.94 Å². The molecule has 4 aromatic carbocycles. The third-order valence-electron chi connectivity index (χ3n) is 11.5. The van der Waals surface area contributed by atoms with Crippen molar-refractivity contribution in [3.05, 3.63) is 129 Å². The van der Waals surface area contributed by atoms with Gasteiger partial charge in [0.15, 0.2) is 0 Å². The van der Waals surface area contributed by atoms with Gasteiger partial charge < -0.3 is 0 Å². The van der Waals surface area contributed by atoms with Gasteiger partial charge in [0.05, 0.1) is 0 Å². The molecule has 0 bridgehead atoms. The average Bonchev–Trinajstić information content (AvgIpc) is 3.54. The molecule has 0 spiro atoms. The van der Waals surface area contributed by atoms with Gasteiger partial charge in [0.2, 0.25) is 0 Å². The Morgan fingerprint density at radius 2 is 0.976 bits per heavy atom. The molecule has 2 aliphatic carbocycles. The van der Waals surface area contributed by atoms with E-state index in [1.807, 2.05) is 0 Å². The van der Waals surface area contributed by atoms with Crippen LogP contribution in [0.15, 0.2) is 84.9 Å². The number of benzene rings is 4. The number of rotatable bonds is 6. The zero-order chi connectivity index (χ0) is 30.2. The molecule has 2 unspecified atom stereocenters. The first-order valence-corrected chi connectivity index (χ1v) is 41.7. The Kier molecular flexibility index (Phi) is 6.16. The number of hydrogen-bond donors (Lipinski definition) is 0. The fraction of sp³-hybridized carbons (Fsp3) is 0.300. The molecular formula is C40H48HfSi. The summed E-state index contributed by atoms with van der Waals surface area (Å²) >= 11 is -4.87. The summed E-state index contributed by atoms with van der Waals surface area (Å²) in [6.07, 6.45) is 11.4. The Hall–Kier alpha value is -2.55. The van der Waals surface area contributed by atoms with E-state index in [4.69, 9.17) is 0 Å². The Morgan fingerprint density at radius 3 is 1.33 bits per heavy atom. The third-order valence-corrected chi connectivity index (χ3v) is 58.0. The Balaban J connectivity index is 1.57. The fourth-order valence-corrected chi connectivity index (χ4v) is 51.3. The SMILES string of the molecule is CC[CH2][Hf]([CH3])([CH3])([CH3])(=[SiH2])([CH]1C=Cc2c(-c3cc(C)cc(C)c3)cccc21)[CH]1C=Cc2c(-c3cc(C)cc(C)c3)cccc21. The van der Waals surface area contributed by atoms with Crippen molar-refractivity contribution in [2.75, 3.05) is 0 Å². The van der Waals surface area contributed by atoms with Crippen molar-refractivity contribution in [2.24, 2.45) is 0 Å². The van der Waals surface area contributed by atoms with E-state index < -0.39 is 14.2 Å². The van der Waals surface area contributed by atoms with Gasteiger partial charge in [0, 0.05) is 0 Å². The standard InChI is InChI=1S/2C17H15.C3H7.3CH3.Hf.H2Si/c2*1-12-9-13(2)11-15(10-12)17-8-4-6-14-5-3-7-16(14)17;1-3-2;;;;;/h2*3-11H,1-2H3;1,3H2,2H3;3*1H3;;1H2. The van der Waals surface area contributed by atoms with Crippen LogP contribution in [0.5, 0.6) is 0 Å². The van der Waals surface area contributed by atoms with Crippen LogP contribution in [0.3, 0.4) is 0 Å². The molecule has 4 aromatic rings. The van der Waals surface area contributed by atoms with Crippen LogP contribution in [0.25, 0.3) is 34.4 Å². The van der Waals surface area contributed by atoms with Crippen LogP contribution in [0, 0.1) is 27.7 Å². The van der Waals surface area contributed by atoms with E-state index in [0.29, 0.717) is 7.35 Å². The van der Waals surface area contributed by atoms with Crippen molar-refractivity contribution in [2.45, 2.75) is 66.6 Å². The van der Waals surface area contributed by atoms with Gasteiger partial charge in [-0.15, -0.1) is 0 Å². The van der Waals surface area contributed by atoms with Crippen LogP contribution in [0.1, 0.15) is 65.2 Å². The number of aryl methyl sites for hydroxylation is 4. The summed E-state index contributed by atoms with van der Waals surface area (Å²) in [5, 5.41) is 0. The summed E-state index contributed by atoms with van der Waals surface area (Å²) < 4.78 is 10.6. The van der Waals surface area contributed by atoms with Crippen LogP contribution in [0.4, 0.5) is 0 Å². The molecule has 0 nitrogen and oxygen atoms in total. The van der Waals surface area contributed by atoms with Crippen molar-refractivity contribution >= 4 is 19.1 Å². The summed E-state index contributed by atoms with van der Waals surface area (Å²) in [5.74, 6) is 0. The minimum absolute atomic E-state index is 0.430. The summed E-state index contributed by atoms with van der Waals surface area (Å²) in [4.78, 5) is 0. The molecule has 0 radical (unpaired) electrons. The number of fused-ring (bicyclic) bond motifs is 2. The molecule has 2 heteroatoms. The van der Waals surface area contributed by atoms with E-state index in [0.717, 1.165) is 0 Å². The molecular weight excluding hydrogens is 687 g/mol. The minimum atomic E-state index is -4.87. The van der Waals surface area contributed by atoms with Crippen molar-refractivity contribution in [3.63, 3.8) is 0 Å². The first-order valence-electron chi connectivity index (χ1n) is 15.9. The second-order valence-corrected chi connectivity index (χ2v) is 99.1. The second kappa shape index (κ2) is 8.76. The van der Waals surface area contributed by atoms with Crippen molar-refractivity contribution in [1.82, 2.24) is 0 Å². The zero-order valence-corrected chi connectivity index (χ0v) is 32.0. The number of allylic oxidation sites excluding steroid dienone is 2. The Labute approximate surface area is 250 Å². The van der Waals surface area contributed by atoms with Crippen LogP contribution >= 0.6 is 0 Å². The monoisotopic (exact) mass is 736 g/mol. The Bertz CT molecular complexity index is 1810. The van der Waals surface area contributed by atoms with E-state index in [1.165, 1.54) is 66.2 Å². The molecule has 0 aliphatic heterocycles. The molecule has 6 rings (SSSR count). The Morgan fingerprint density at radius 1 is 0.595 bits per heavy atom. The van der Waals surface area contributed by atoms with E-state index in [9.17, 15) is 0 Å². The van der Waals surface area contributed by atoms with Crippen LogP contribution in [0.2, 0.25) is 18.2 Å². The average molecular weight is 735 g/mol. The molecule has 0 saturated carbocycles. The van der Waals surface area contributed by atoms with Gasteiger partial charge in [-0.2, -0.15) is 0 Å². The van der Waals surface area contributed by atoms with Gasteiger partial charge in [0.1, 0.15) is 0 Å². The molecule has 42 heavy (non-hydrogen) atoms. The first-order chi connectivity index (χ1) is 19.6. The molecule has 0 amide bonds. The van der Waals surface area contributed by atoms with Gasteiger partial charge in [0.25, 0.3) is 0 Å². The first kappa shape index (κ1) is 29.5. The van der Waals surface area contributed by atoms with Gasteiger partial charge in [-0.25, -0.2) is 0 Å². The van der Waals surface area contributed by atoms with Crippen molar-refractivity contribution in [3.8, 4) is 22.3 Å². The number of hydrogen-bond acceptors (Lipinski definition) is 0. The predicted octanol–water partition coefficient (Wildman–Crippen LogP) is 11.4. The van der Waals surface area contributed by atoms with Gasteiger partial charge in [-0.05, 0) is 0 Å². The second-order valence-electron chi connectivity index (χ2n) is 17.4. The van der Waals surface area contributed by atoms with Crippen molar-refractivity contribution in [1.29, 1.82) is 0 Å². The molecule has 0 saturated heterocycles. The molecule has 0 fully saturated rings.